The fourth-order valence-electron chi connectivity index (χ4n) is 7.03. The Balaban J connectivity index is 1.70. The van der Waals surface area contributed by atoms with E-state index in [1.54, 1.807) is 31.4 Å². The number of hydrogen-bond acceptors (Lipinski definition) is 7. The lowest BCUT2D eigenvalue weighted by molar-refractivity contribution is -0.324. The first-order chi connectivity index (χ1) is 16.1. The van der Waals surface area contributed by atoms with E-state index in [0.29, 0.717) is 18.4 Å². The van der Waals surface area contributed by atoms with Crippen LogP contribution in [0, 0.1) is 17.3 Å². The SMILES string of the molecule is COC12COC1CCC1C(=O)CC3=C(C)C(O)CC(O)(C(OC(=O)c4ccccc4)C12)C3(C)C. The monoisotopic (exact) mass is 470 g/mol. The van der Waals surface area contributed by atoms with Gasteiger partial charge in [-0.1, -0.05) is 37.6 Å². The summed E-state index contributed by atoms with van der Waals surface area (Å²) >= 11 is 0. The third-order valence-corrected chi connectivity index (χ3v) is 9.29. The van der Waals surface area contributed by atoms with Gasteiger partial charge in [-0.25, -0.2) is 4.79 Å². The maximum atomic E-state index is 13.7. The summed E-state index contributed by atoms with van der Waals surface area (Å²) in [5, 5.41) is 23.4. The number of rotatable bonds is 3. The van der Waals surface area contributed by atoms with Crippen LogP contribution in [0.1, 0.15) is 56.8 Å². The molecule has 34 heavy (non-hydrogen) atoms. The Bertz CT molecular complexity index is 1030. The number of aliphatic hydroxyl groups is 2. The Morgan fingerprint density at radius 1 is 1.18 bits per heavy atom. The number of methoxy groups -OCH3 is 1. The van der Waals surface area contributed by atoms with E-state index in [4.69, 9.17) is 14.2 Å². The molecule has 0 radical (unpaired) electrons. The second kappa shape index (κ2) is 7.98. The van der Waals surface area contributed by atoms with Crippen LogP contribution in [0.3, 0.4) is 0 Å². The largest absolute Gasteiger partial charge is 0.455 e. The first-order valence-corrected chi connectivity index (χ1v) is 12.1. The summed E-state index contributed by atoms with van der Waals surface area (Å²) in [5.74, 6) is -1.58. The summed E-state index contributed by atoms with van der Waals surface area (Å²) < 4.78 is 18.1. The number of carbonyl (C=O) groups excluding carboxylic acids is 2. The van der Waals surface area contributed by atoms with Crippen molar-refractivity contribution in [2.75, 3.05) is 13.7 Å². The van der Waals surface area contributed by atoms with Gasteiger partial charge in [-0.3, -0.25) is 4.79 Å². The first kappa shape index (κ1) is 23.7. The van der Waals surface area contributed by atoms with Gasteiger partial charge in [-0.15, -0.1) is 0 Å². The van der Waals surface area contributed by atoms with Crippen LogP contribution in [0.5, 0.6) is 0 Å². The zero-order valence-electron chi connectivity index (χ0n) is 20.2. The zero-order chi connectivity index (χ0) is 24.5. The van der Waals surface area contributed by atoms with E-state index < -0.39 is 46.6 Å². The molecule has 0 aromatic heterocycles. The molecule has 5 rings (SSSR count). The van der Waals surface area contributed by atoms with E-state index in [1.165, 1.54) is 0 Å². The second-order valence-corrected chi connectivity index (χ2v) is 10.9. The van der Waals surface area contributed by atoms with Crippen LogP contribution in [0.4, 0.5) is 0 Å². The van der Waals surface area contributed by atoms with Crippen molar-refractivity contribution in [1.82, 2.24) is 0 Å². The molecular formula is C27H34O7. The number of Topliss-reactive ketones (excluding diaryl/α,β-unsaturated/α-hetero) is 1. The van der Waals surface area contributed by atoms with Gasteiger partial charge in [0.15, 0.2) is 0 Å². The second-order valence-electron chi connectivity index (χ2n) is 10.9. The molecule has 2 bridgehead atoms. The van der Waals surface area contributed by atoms with Gasteiger partial charge in [0.1, 0.15) is 23.1 Å². The molecule has 1 heterocycles. The number of ether oxygens (including phenoxy) is 3. The summed E-state index contributed by atoms with van der Waals surface area (Å²) in [6, 6.07) is 8.64. The topological polar surface area (TPSA) is 102 Å². The number of benzene rings is 1. The van der Waals surface area contributed by atoms with Crippen LogP contribution in [0.2, 0.25) is 0 Å². The molecule has 3 aliphatic carbocycles. The van der Waals surface area contributed by atoms with Crippen molar-refractivity contribution in [3.05, 3.63) is 47.0 Å². The molecule has 7 unspecified atom stereocenters. The highest BCUT2D eigenvalue weighted by Crippen LogP contribution is 2.60. The van der Waals surface area contributed by atoms with Gasteiger partial charge < -0.3 is 24.4 Å². The van der Waals surface area contributed by atoms with E-state index in [1.807, 2.05) is 26.8 Å². The van der Waals surface area contributed by atoms with Crippen LogP contribution in [-0.4, -0.2) is 65.2 Å². The molecule has 1 aliphatic heterocycles. The molecule has 1 aromatic rings. The number of aliphatic hydroxyl groups excluding tert-OH is 1. The Hall–Kier alpha value is -2.06. The number of hydrogen-bond donors (Lipinski definition) is 2. The van der Waals surface area contributed by atoms with Gasteiger partial charge in [0.2, 0.25) is 0 Å². The van der Waals surface area contributed by atoms with E-state index in [9.17, 15) is 19.8 Å². The minimum absolute atomic E-state index is 0.00476. The molecule has 184 valence electrons. The maximum absolute atomic E-state index is 13.7. The summed E-state index contributed by atoms with van der Waals surface area (Å²) in [5.41, 5.74) is -1.55. The van der Waals surface area contributed by atoms with E-state index in [-0.39, 0.29) is 31.3 Å². The van der Waals surface area contributed by atoms with E-state index in [2.05, 4.69) is 0 Å². The molecule has 3 fully saturated rings. The van der Waals surface area contributed by atoms with Gasteiger partial charge in [0.05, 0.1) is 24.4 Å². The van der Waals surface area contributed by atoms with Crippen LogP contribution < -0.4 is 0 Å². The summed E-state index contributed by atoms with van der Waals surface area (Å²) in [6.45, 7) is 5.85. The third-order valence-electron chi connectivity index (χ3n) is 9.29. The Morgan fingerprint density at radius 3 is 2.50 bits per heavy atom. The van der Waals surface area contributed by atoms with Crippen molar-refractivity contribution in [1.29, 1.82) is 0 Å². The van der Waals surface area contributed by atoms with Crippen molar-refractivity contribution < 1.29 is 34.0 Å². The number of ketones is 1. The molecule has 1 saturated heterocycles. The number of carbonyl (C=O) groups is 2. The minimum atomic E-state index is -1.61. The van der Waals surface area contributed by atoms with Gasteiger partial charge >= 0.3 is 5.97 Å². The highest BCUT2D eigenvalue weighted by molar-refractivity contribution is 5.90. The van der Waals surface area contributed by atoms with Crippen LogP contribution >= 0.6 is 0 Å². The number of esters is 1. The molecule has 4 aliphatic rings. The van der Waals surface area contributed by atoms with E-state index in [0.717, 1.165) is 11.1 Å². The minimum Gasteiger partial charge on any atom is -0.455 e. The molecule has 1 aromatic carbocycles. The summed E-state index contributed by atoms with van der Waals surface area (Å²) in [7, 11) is 1.59. The molecule has 2 N–H and O–H groups in total. The fraction of sp³-hybridized carbons (Fsp3) is 0.630. The van der Waals surface area contributed by atoms with Crippen molar-refractivity contribution in [3.63, 3.8) is 0 Å². The predicted octanol–water partition coefficient (Wildman–Crippen LogP) is 2.83. The predicted molar refractivity (Wildman–Crippen MR) is 123 cm³/mol. The van der Waals surface area contributed by atoms with Crippen LogP contribution in [-0.2, 0) is 19.0 Å². The molecule has 0 spiro atoms. The molecule has 2 saturated carbocycles. The van der Waals surface area contributed by atoms with Crippen molar-refractivity contribution >= 4 is 11.8 Å². The number of fused-ring (bicyclic) bond motifs is 5. The van der Waals surface area contributed by atoms with Gasteiger partial charge in [-0.05, 0) is 37.5 Å². The fourth-order valence-corrected chi connectivity index (χ4v) is 7.03. The zero-order valence-corrected chi connectivity index (χ0v) is 20.2. The Labute approximate surface area is 200 Å². The van der Waals surface area contributed by atoms with Gasteiger partial charge in [-0.2, -0.15) is 0 Å². The average molecular weight is 471 g/mol. The van der Waals surface area contributed by atoms with Crippen molar-refractivity contribution in [2.24, 2.45) is 17.3 Å². The quantitative estimate of drug-likeness (QED) is 0.517. The average Bonchev–Trinajstić information content (AvgIpc) is 2.79. The lowest BCUT2D eigenvalue weighted by Crippen LogP contribution is -2.76. The molecular weight excluding hydrogens is 436 g/mol. The summed E-state index contributed by atoms with van der Waals surface area (Å²) in [4.78, 5) is 27.1. The standard InChI is InChI=1S/C27H34O7/c1-15-18-12-19(28)17-10-11-21-26(32-4,14-33-21)22(17)23(27(31,13-20(15)29)25(18,2)3)34-24(30)16-8-6-5-7-9-16/h5-9,17,20-23,29,31H,10-14H2,1-4H3. The van der Waals surface area contributed by atoms with Crippen LogP contribution in [0.15, 0.2) is 41.5 Å². The molecule has 7 atom stereocenters. The lowest BCUT2D eigenvalue weighted by atomic mass is 9.50. The molecule has 7 nitrogen and oxygen atoms in total. The Morgan fingerprint density at radius 2 is 1.88 bits per heavy atom. The Kier molecular flexibility index (Phi) is 5.56. The maximum Gasteiger partial charge on any atom is 0.338 e. The highest BCUT2D eigenvalue weighted by atomic mass is 16.6. The smallest absolute Gasteiger partial charge is 0.338 e. The normalized spacial score (nSPS) is 40.9. The first-order valence-electron chi connectivity index (χ1n) is 12.1. The van der Waals surface area contributed by atoms with Crippen molar-refractivity contribution in [2.45, 2.75) is 76.0 Å². The lowest BCUT2D eigenvalue weighted by Gasteiger charge is -2.64. The van der Waals surface area contributed by atoms with Crippen molar-refractivity contribution in [3.8, 4) is 0 Å². The van der Waals surface area contributed by atoms with Gasteiger partial charge in [0.25, 0.3) is 0 Å². The molecule has 0 amide bonds. The summed E-state index contributed by atoms with van der Waals surface area (Å²) in [6.07, 6.45) is -0.845. The van der Waals surface area contributed by atoms with Crippen LogP contribution in [0.25, 0.3) is 0 Å². The van der Waals surface area contributed by atoms with E-state index >= 15 is 0 Å². The highest BCUT2D eigenvalue weighted by Gasteiger charge is 2.70. The molecule has 7 heteroatoms. The third kappa shape index (κ3) is 3.10. The van der Waals surface area contributed by atoms with Gasteiger partial charge in [0, 0.05) is 37.2 Å².